The van der Waals surface area contributed by atoms with Crippen LogP contribution < -0.4 is 19.7 Å². The van der Waals surface area contributed by atoms with Gasteiger partial charge < -0.3 is 19.7 Å². The summed E-state index contributed by atoms with van der Waals surface area (Å²) in [5, 5.41) is 3.74. The maximum Gasteiger partial charge on any atom is 0.231 e. The first-order chi connectivity index (χ1) is 10.4. The summed E-state index contributed by atoms with van der Waals surface area (Å²) < 4.78 is 10.9. The van der Waals surface area contributed by atoms with Gasteiger partial charge in [-0.1, -0.05) is 19.3 Å². The average molecular weight is 288 g/mol. The van der Waals surface area contributed by atoms with Crippen LogP contribution in [0.4, 0.5) is 5.69 Å². The van der Waals surface area contributed by atoms with Gasteiger partial charge in [0.2, 0.25) is 6.79 Å². The number of fused-ring (bicyclic) bond motifs is 1. The van der Waals surface area contributed by atoms with Crippen molar-refractivity contribution in [3.8, 4) is 11.5 Å². The fourth-order valence-electron chi connectivity index (χ4n) is 3.95. The summed E-state index contributed by atoms with van der Waals surface area (Å²) in [4.78, 5) is 2.50. The number of hydrogen-bond acceptors (Lipinski definition) is 4. The quantitative estimate of drug-likeness (QED) is 0.907. The lowest BCUT2D eigenvalue weighted by Gasteiger charge is -2.40. The molecule has 0 radical (unpaired) electrons. The Labute approximate surface area is 126 Å². The topological polar surface area (TPSA) is 33.7 Å². The zero-order chi connectivity index (χ0) is 14.1. The van der Waals surface area contributed by atoms with Crippen LogP contribution >= 0.6 is 0 Å². The smallest absolute Gasteiger partial charge is 0.231 e. The highest BCUT2D eigenvalue weighted by atomic mass is 16.7. The molecule has 1 saturated carbocycles. The van der Waals surface area contributed by atoms with Crippen molar-refractivity contribution in [2.45, 2.75) is 38.1 Å². The molecule has 114 valence electrons. The van der Waals surface area contributed by atoms with Crippen LogP contribution in [0, 0.1) is 5.92 Å². The highest BCUT2D eigenvalue weighted by Gasteiger charge is 2.28. The standard InChI is InChI=1S/C17H24N2O2/c1-2-4-13(5-3-1)15-11-19(9-8-18-15)14-6-7-16-17(10-14)21-12-20-16/h6-7,10,13,15,18H,1-5,8-9,11-12H2. The Morgan fingerprint density at radius 2 is 1.90 bits per heavy atom. The predicted molar refractivity (Wildman–Crippen MR) is 83.1 cm³/mol. The van der Waals surface area contributed by atoms with Crippen LogP contribution in [-0.4, -0.2) is 32.5 Å². The Bertz CT molecular complexity index is 500. The predicted octanol–water partition coefficient (Wildman–Crippen LogP) is 2.77. The van der Waals surface area contributed by atoms with Crippen molar-refractivity contribution in [1.29, 1.82) is 0 Å². The summed E-state index contributed by atoms with van der Waals surface area (Å²) in [5.74, 6) is 2.62. The van der Waals surface area contributed by atoms with Crippen molar-refractivity contribution in [1.82, 2.24) is 5.32 Å². The molecular weight excluding hydrogens is 264 g/mol. The van der Waals surface area contributed by atoms with Crippen LogP contribution in [0.2, 0.25) is 0 Å². The van der Waals surface area contributed by atoms with Crippen molar-refractivity contribution in [3.05, 3.63) is 18.2 Å². The number of nitrogens with one attached hydrogen (secondary N) is 1. The summed E-state index contributed by atoms with van der Waals surface area (Å²) in [6, 6.07) is 6.97. The fourth-order valence-corrected chi connectivity index (χ4v) is 3.95. The molecule has 21 heavy (non-hydrogen) atoms. The number of hydrogen-bond donors (Lipinski definition) is 1. The third kappa shape index (κ3) is 2.69. The Hall–Kier alpha value is -1.42. The second-order valence-electron chi connectivity index (χ2n) is 6.44. The van der Waals surface area contributed by atoms with Gasteiger partial charge in [-0.15, -0.1) is 0 Å². The monoisotopic (exact) mass is 288 g/mol. The molecule has 0 spiro atoms. The molecule has 1 unspecified atom stereocenters. The first-order valence-electron chi connectivity index (χ1n) is 8.28. The highest BCUT2D eigenvalue weighted by Crippen LogP contribution is 2.36. The minimum atomic E-state index is 0.352. The maximum atomic E-state index is 5.51. The molecule has 2 fully saturated rings. The minimum absolute atomic E-state index is 0.352. The molecule has 1 atom stereocenters. The first-order valence-corrected chi connectivity index (χ1v) is 8.28. The number of anilines is 1. The average Bonchev–Trinajstić information content (AvgIpc) is 3.03. The molecule has 4 rings (SSSR count). The van der Waals surface area contributed by atoms with Crippen molar-refractivity contribution in [3.63, 3.8) is 0 Å². The molecule has 1 N–H and O–H groups in total. The van der Waals surface area contributed by atoms with Crippen molar-refractivity contribution in [2.24, 2.45) is 5.92 Å². The van der Waals surface area contributed by atoms with Gasteiger partial charge in [0.05, 0.1) is 0 Å². The second-order valence-corrected chi connectivity index (χ2v) is 6.44. The normalized spacial score (nSPS) is 26.1. The highest BCUT2D eigenvalue weighted by molar-refractivity contribution is 5.57. The zero-order valence-corrected chi connectivity index (χ0v) is 12.5. The Morgan fingerprint density at radius 3 is 2.81 bits per heavy atom. The van der Waals surface area contributed by atoms with Crippen LogP contribution in [0.15, 0.2) is 18.2 Å². The van der Waals surface area contributed by atoms with Crippen molar-refractivity contribution < 1.29 is 9.47 Å². The van der Waals surface area contributed by atoms with E-state index in [9.17, 15) is 0 Å². The van der Waals surface area contributed by atoms with E-state index in [1.54, 1.807) is 0 Å². The molecule has 2 heterocycles. The lowest BCUT2D eigenvalue weighted by Crippen LogP contribution is -2.54. The largest absolute Gasteiger partial charge is 0.454 e. The molecule has 0 aromatic heterocycles. The molecule has 4 heteroatoms. The van der Waals surface area contributed by atoms with Gasteiger partial charge in [0.1, 0.15) is 0 Å². The lowest BCUT2D eigenvalue weighted by atomic mass is 9.83. The summed E-state index contributed by atoms with van der Waals surface area (Å²) in [6.45, 7) is 3.62. The second kappa shape index (κ2) is 5.76. The molecule has 1 aromatic carbocycles. The van der Waals surface area contributed by atoms with Gasteiger partial charge in [0.15, 0.2) is 11.5 Å². The summed E-state index contributed by atoms with van der Waals surface area (Å²) >= 11 is 0. The number of nitrogens with zero attached hydrogens (tertiary/aromatic N) is 1. The van der Waals surface area contributed by atoms with Crippen LogP contribution in [0.25, 0.3) is 0 Å². The van der Waals surface area contributed by atoms with E-state index in [0.29, 0.717) is 12.8 Å². The van der Waals surface area contributed by atoms with E-state index < -0.39 is 0 Å². The van der Waals surface area contributed by atoms with E-state index in [0.717, 1.165) is 37.1 Å². The summed E-state index contributed by atoms with van der Waals surface area (Å²) in [6.07, 6.45) is 7.04. The number of ether oxygens (including phenoxy) is 2. The van der Waals surface area contributed by atoms with E-state index in [1.807, 2.05) is 6.07 Å². The number of benzene rings is 1. The minimum Gasteiger partial charge on any atom is -0.454 e. The zero-order valence-electron chi connectivity index (χ0n) is 12.5. The summed E-state index contributed by atoms with van der Waals surface area (Å²) in [5.41, 5.74) is 1.27. The van der Waals surface area contributed by atoms with Gasteiger partial charge in [-0.3, -0.25) is 0 Å². The van der Waals surface area contributed by atoms with Crippen LogP contribution in [0.1, 0.15) is 32.1 Å². The van der Waals surface area contributed by atoms with E-state index in [-0.39, 0.29) is 0 Å². The molecule has 4 nitrogen and oxygen atoms in total. The molecule has 1 aromatic rings. The van der Waals surface area contributed by atoms with Crippen LogP contribution in [0.3, 0.4) is 0 Å². The molecular formula is C17H24N2O2. The molecule has 0 amide bonds. The van der Waals surface area contributed by atoms with Gasteiger partial charge in [-0.25, -0.2) is 0 Å². The molecule has 2 aliphatic heterocycles. The third-order valence-corrected chi connectivity index (χ3v) is 5.15. The van der Waals surface area contributed by atoms with Gasteiger partial charge in [0, 0.05) is 37.4 Å². The number of rotatable bonds is 2. The first kappa shape index (κ1) is 13.3. The number of piperazine rings is 1. The SMILES string of the molecule is c1cc2c(cc1N1CCNC(C3CCCCC3)C1)OCO2. The lowest BCUT2D eigenvalue weighted by molar-refractivity contribution is 0.174. The third-order valence-electron chi connectivity index (χ3n) is 5.15. The van der Waals surface area contributed by atoms with Gasteiger partial charge in [-0.05, 0) is 30.9 Å². The Morgan fingerprint density at radius 1 is 1.05 bits per heavy atom. The Balaban J connectivity index is 1.47. The summed E-state index contributed by atoms with van der Waals surface area (Å²) in [7, 11) is 0. The van der Waals surface area contributed by atoms with Crippen molar-refractivity contribution >= 4 is 5.69 Å². The molecule has 1 aliphatic carbocycles. The van der Waals surface area contributed by atoms with E-state index in [4.69, 9.17) is 9.47 Å². The maximum absolute atomic E-state index is 5.51. The molecule has 0 bridgehead atoms. The fraction of sp³-hybridized carbons (Fsp3) is 0.647. The van der Waals surface area contributed by atoms with Gasteiger partial charge in [-0.2, -0.15) is 0 Å². The van der Waals surface area contributed by atoms with Crippen LogP contribution in [0.5, 0.6) is 11.5 Å². The van der Waals surface area contributed by atoms with E-state index in [1.165, 1.54) is 37.8 Å². The van der Waals surface area contributed by atoms with E-state index in [2.05, 4.69) is 22.3 Å². The van der Waals surface area contributed by atoms with Crippen molar-refractivity contribution in [2.75, 3.05) is 31.3 Å². The van der Waals surface area contributed by atoms with E-state index >= 15 is 0 Å². The molecule has 3 aliphatic rings. The van der Waals surface area contributed by atoms with Gasteiger partial charge >= 0.3 is 0 Å². The van der Waals surface area contributed by atoms with Gasteiger partial charge in [0.25, 0.3) is 0 Å². The molecule has 1 saturated heterocycles. The Kier molecular flexibility index (Phi) is 3.63. The van der Waals surface area contributed by atoms with Crippen LogP contribution in [-0.2, 0) is 0 Å².